The third-order valence-corrected chi connectivity index (χ3v) is 6.75. The SMILES string of the molecule is COc1ccc(NC(=O)[C@H](C)Sc2nc(-c3ccc(OC)cc3)nc3c2COC(C)(C)C3)cc1. The molecule has 0 radical (unpaired) electrons. The number of hydrogen-bond acceptors (Lipinski definition) is 7. The van der Waals surface area contributed by atoms with E-state index in [1.165, 1.54) is 11.8 Å². The van der Waals surface area contributed by atoms with E-state index in [0.717, 1.165) is 33.3 Å². The fourth-order valence-electron chi connectivity index (χ4n) is 3.63. The third kappa shape index (κ3) is 5.51. The van der Waals surface area contributed by atoms with Gasteiger partial charge in [-0.05, 0) is 69.3 Å². The summed E-state index contributed by atoms with van der Waals surface area (Å²) in [7, 11) is 3.25. The van der Waals surface area contributed by atoms with Crippen molar-refractivity contribution in [2.24, 2.45) is 0 Å². The lowest BCUT2D eigenvalue weighted by molar-refractivity contribution is -0.115. The summed E-state index contributed by atoms with van der Waals surface area (Å²) >= 11 is 1.42. The molecule has 34 heavy (non-hydrogen) atoms. The van der Waals surface area contributed by atoms with Gasteiger partial charge in [-0.1, -0.05) is 11.8 Å². The highest BCUT2D eigenvalue weighted by molar-refractivity contribution is 8.00. The van der Waals surface area contributed by atoms with Crippen molar-refractivity contribution in [1.82, 2.24) is 9.97 Å². The zero-order valence-electron chi connectivity index (χ0n) is 20.0. The predicted molar refractivity (Wildman–Crippen MR) is 134 cm³/mol. The maximum Gasteiger partial charge on any atom is 0.237 e. The van der Waals surface area contributed by atoms with Crippen molar-refractivity contribution in [3.8, 4) is 22.9 Å². The van der Waals surface area contributed by atoms with E-state index in [0.29, 0.717) is 24.5 Å². The Kier molecular flexibility index (Phi) is 7.09. The van der Waals surface area contributed by atoms with Crippen molar-refractivity contribution in [2.45, 2.75) is 49.7 Å². The summed E-state index contributed by atoms with van der Waals surface area (Å²) in [6.07, 6.45) is 0.675. The highest BCUT2D eigenvalue weighted by Gasteiger charge is 2.31. The first-order chi connectivity index (χ1) is 16.3. The Morgan fingerprint density at radius 1 is 1.03 bits per heavy atom. The molecule has 178 valence electrons. The maximum atomic E-state index is 12.9. The molecule has 0 aliphatic carbocycles. The largest absolute Gasteiger partial charge is 0.497 e. The van der Waals surface area contributed by atoms with Crippen LogP contribution in [0.25, 0.3) is 11.4 Å². The summed E-state index contributed by atoms with van der Waals surface area (Å²) in [5, 5.41) is 3.35. The Hall–Kier alpha value is -3.10. The quantitative estimate of drug-likeness (QED) is 0.371. The highest BCUT2D eigenvalue weighted by Crippen LogP contribution is 2.36. The Morgan fingerprint density at radius 2 is 1.65 bits per heavy atom. The number of ether oxygens (including phenoxy) is 3. The van der Waals surface area contributed by atoms with Gasteiger partial charge in [0.15, 0.2) is 5.82 Å². The van der Waals surface area contributed by atoms with Crippen LogP contribution in [-0.4, -0.2) is 40.9 Å². The Labute approximate surface area is 204 Å². The molecule has 1 N–H and O–H groups in total. The molecule has 4 rings (SSSR count). The van der Waals surface area contributed by atoms with Gasteiger partial charge >= 0.3 is 0 Å². The standard InChI is InChI=1S/C26H29N3O4S/c1-16(24(30)27-18-8-12-20(32-5)13-9-18)34-25-21-15-33-26(2,3)14-22(21)28-23(29-25)17-6-10-19(31-4)11-7-17/h6-13,16H,14-15H2,1-5H3,(H,27,30)/t16-/m0/s1. The molecule has 1 aliphatic rings. The fourth-order valence-corrected chi connectivity index (χ4v) is 4.59. The second-order valence-electron chi connectivity index (χ2n) is 8.71. The van der Waals surface area contributed by atoms with Crippen molar-refractivity contribution in [1.29, 1.82) is 0 Å². The van der Waals surface area contributed by atoms with Crippen LogP contribution in [0.5, 0.6) is 11.5 Å². The summed E-state index contributed by atoms with van der Waals surface area (Å²) < 4.78 is 16.5. The van der Waals surface area contributed by atoms with Crippen LogP contribution in [0.3, 0.4) is 0 Å². The number of fused-ring (bicyclic) bond motifs is 1. The van der Waals surface area contributed by atoms with Gasteiger partial charge < -0.3 is 19.5 Å². The molecule has 3 aromatic rings. The van der Waals surface area contributed by atoms with Crippen LogP contribution >= 0.6 is 11.8 Å². The molecule has 2 heterocycles. The lowest BCUT2D eigenvalue weighted by Crippen LogP contribution is -2.33. The molecular weight excluding hydrogens is 450 g/mol. The molecule has 2 aromatic carbocycles. The number of anilines is 1. The van der Waals surface area contributed by atoms with Gasteiger partial charge in [-0.2, -0.15) is 0 Å². The van der Waals surface area contributed by atoms with Crippen LogP contribution in [0.2, 0.25) is 0 Å². The second-order valence-corrected chi connectivity index (χ2v) is 10.0. The number of carbonyl (C=O) groups is 1. The van der Waals surface area contributed by atoms with Crippen molar-refractivity contribution >= 4 is 23.4 Å². The van der Waals surface area contributed by atoms with Gasteiger partial charge in [0.25, 0.3) is 0 Å². The van der Waals surface area contributed by atoms with E-state index in [4.69, 9.17) is 24.2 Å². The zero-order chi connectivity index (χ0) is 24.3. The van der Waals surface area contributed by atoms with Gasteiger partial charge in [0.1, 0.15) is 16.5 Å². The molecule has 0 bridgehead atoms. The molecule has 0 saturated carbocycles. The molecule has 0 fully saturated rings. The van der Waals surface area contributed by atoms with E-state index >= 15 is 0 Å². The number of aromatic nitrogens is 2. The minimum Gasteiger partial charge on any atom is -0.497 e. The summed E-state index contributed by atoms with van der Waals surface area (Å²) in [5.74, 6) is 2.03. The van der Waals surface area contributed by atoms with Gasteiger partial charge in [-0.25, -0.2) is 9.97 Å². The molecule has 0 saturated heterocycles. The maximum absolute atomic E-state index is 12.9. The van der Waals surface area contributed by atoms with E-state index in [2.05, 4.69) is 19.2 Å². The second kappa shape index (κ2) is 10.0. The molecule has 1 aliphatic heterocycles. The first-order valence-corrected chi connectivity index (χ1v) is 12.0. The van der Waals surface area contributed by atoms with E-state index < -0.39 is 0 Å². The summed E-state index contributed by atoms with van der Waals surface area (Å²) in [5.41, 5.74) is 3.21. The van der Waals surface area contributed by atoms with Crippen LogP contribution in [0.4, 0.5) is 5.69 Å². The molecular formula is C26H29N3O4S. The van der Waals surface area contributed by atoms with Crippen LogP contribution in [0.1, 0.15) is 32.0 Å². The highest BCUT2D eigenvalue weighted by atomic mass is 32.2. The molecule has 0 unspecified atom stereocenters. The molecule has 1 aromatic heterocycles. The van der Waals surface area contributed by atoms with Crippen molar-refractivity contribution in [2.75, 3.05) is 19.5 Å². The van der Waals surface area contributed by atoms with E-state index in [1.54, 1.807) is 14.2 Å². The van der Waals surface area contributed by atoms with Crippen molar-refractivity contribution in [3.63, 3.8) is 0 Å². The molecule has 8 heteroatoms. The minimum atomic E-state index is -0.375. The van der Waals surface area contributed by atoms with Crippen molar-refractivity contribution < 1.29 is 19.0 Å². The van der Waals surface area contributed by atoms with Crippen LogP contribution in [0, 0.1) is 0 Å². The number of benzene rings is 2. The monoisotopic (exact) mass is 479 g/mol. The zero-order valence-corrected chi connectivity index (χ0v) is 20.9. The molecule has 1 amide bonds. The van der Waals surface area contributed by atoms with Gasteiger partial charge in [0.05, 0.1) is 37.4 Å². The summed E-state index contributed by atoms with van der Waals surface area (Å²) in [4.78, 5) is 22.6. The number of carbonyl (C=O) groups excluding carboxylic acids is 1. The first-order valence-electron chi connectivity index (χ1n) is 11.1. The van der Waals surface area contributed by atoms with E-state index in [9.17, 15) is 4.79 Å². The van der Waals surface area contributed by atoms with Gasteiger partial charge in [0.2, 0.25) is 5.91 Å². The number of nitrogens with one attached hydrogen (secondary N) is 1. The smallest absolute Gasteiger partial charge is 0.237 e. The number of amides is 1. The third-order valence-electron chi connectivity index (χ3n) is 5.62. The normalized spacial score (nSPS) is 15.2. The Balaban J connectivity index is 1.60. The number of methoxy groups -OCH3 is 2. The molecule has 0 spiro atoms. The number of hydrogen-bond donors (Lipinski definition) is 1. The van der Waals surface area contributed by atoms with Crippen LogP contribution < -0.4 is 14.8 Å². The average molecular weight is 480 g/mol. The van der Waals surface area contributed by atoms with Crippen molar-refractivity contribution in [3.05, 3.63) is 59.8 Å². The van der Waals surface area contributed by atoms with Gasteiger partial charge in [-0.15, -0.1) is 0 Å². The summed E-state index contributed by atoms with van der Waals surface area (Å²) in [6, 6.07) is 14.9. The van der Waals surface area contributed by atoms with Crippen LogP contribution in [0.15, 0.2) is 53.6 Å². The fraction of sp³-hybridized carbons (Fsp3) is 0.346. The topological polar surface area (TPSA) is 82.6 Å². The van der Waals surface area contributed by atoms with Crippen LogP contribution in [-0.2, 0) is 22.6 Å². The van der Waals surface area contributed by atoms with E-state index in [-0.39, 0.29) is 16.8 Å². The van der Waals surface area contributed by atoms with E-state index in [1.807, 2.05) is 55.5 Å². The Bertz CT molecular complexity index is 1160. The first kappa shape index (κ1) is 24.0. The lowest BCUT2D eigenvalue weighted by Gasteiger charge is -2.32. The molecule has 7 nitrogen and oxygen atoms in total. The van der Waals surface area contributed by atoms with Gasteiger partial charge in [-0.3, -0.25) is 4.79 Å². The minimum absolute atomic E-state index is 0.106. The number of rotatable bonds is 7. The number of nitrogens with zero attached hydrogens (tertiary/aromatic N) is 2. The predicted octanol–water partition coefficient (Wildman–Crippen LogP) is 5.13. The average Bonchev–Trinajstić information content (AvgIpc) is 2.83. The molecule has 1 atom stereocenters. The summed E-state index contributed by atoms with van der Waals surface area (Å²) in [6.45, 7) is 6.41. The van der Waals surface area contributed by atoms with Gasteiger partial charge in [0, 0.05) is 23.2 Å². The number of thioether (sulfide) groups is 1. The Morgan fingerprint density at radius 3 is 2.26 bits per heavy atom. The lowest BCUT2D eigenvalue weighted by atomic mass is 9.96.